The number of benzene rings is 3. The highest BCUT2D eigenvalue weighted by Crippen LogP contribution is 2.57. The summed E-state index contributed by atoms with van der Waals surface area (Å²) in [6.07, 6.45) is 9.18. The third kappa shape index (κ3) is 3.61. The lowest BCUT2D eigenvalue weighted by atomic mass is 9.75. The number of carbonyl (C=O) groups excluding carboxylic acids is 1. The Bertz CT molecular complexity index is 1300. The van der Waals surface area contributed by atoms with Crippen molar-refractivity contribution in [3.05, 3.63) is 88.0 Å². The lowest BCUT2D eigenvalue weighted by Gasteiger charge is -2.38. The van der Waals surface area contributed by atoms with E-state index >= 15 is 0 Å². The molecule has 4 nitrogen and oxygen atoms in total. The van der Waals surface area contributed by atoms with Gasteiger partial charge in [-0.1, -0.05) is 44.9 Å². The predicted octanol–water partition coefficient (Wildman–Crippen LogP) is 7.54. The molecule has 0 saturated carbocycles. The van der Waals surface area contributed by atoms with Crippen molar-refractivity contribution in [3.63, 3.8) is 0 Å². The maximum Gasteiger partial charge on any atom is 0.340 e. The van der Waals surface area contributed by atoms with Gasteiger partial charge in [-0.25, -0.2) is 4.79 Å². The number of nitrogens with zero attached hydrogens (tertiary/aromatic N) is 1. The molecule has 0 amide bonds. The number of anilines is 1. The molecule has 1 aliphatic carbocycles. The smallest absolute Gasteiger partial charge is 0.340 e. The van der Waals surface area contributed by atoms with Crippen molar-refractivity contribution in [1.82, 2.24) is 0 Å². The Labute approximate surface area is 214 Å². The topological polar surface area (TPSA) is 38.8 Å². The van der Waals surface area contributed by atoms with E-state index in [1.54, 1.807) is 0 Å². The second-order valence-electron chi connectivity index (χ2n) is 10.4. The number of aryl methyl sites for hydroxylation is 2. The van der Waals surface area contributed by atoms with Crippen LogP contribution in [0.4, 0.5) is 5.69 Å². The molecular formula is C32H35NO3. The number of rotatable bonds is 7. The Morgan fingerprint density at radius 1 is 0.806 bits per heavy atom. The summed E-state index contributed by atoms with van der Waals surface area (Å²) in [4.78, 5) is 15.7. The maximum atomic E-state index is 13.2. The first kappa shape index (κ1) is 23.1. The second kappa shape index (κ2) is 9.31. The summed E-state index contributed by atoms with van der Waals surface area (Å²) in [5.41, 5.74) is 6.34. The zero-order valence-corrected chi connectivity index (χ0v) is 21.4. The third-order valence-corrected chi connectivity index (χ3v) is 8.09. The molecule has 4 heteroatoms. The molecule has 3 aliphatic rings. The van der Waals surface area contributed by atoms with Crippen LogP contribution in [0.2, 0.25) is 0 Å². The molecule has 186 valence electrons. The summed E-state index contributed by atoms with van der Waals surface area (Å²) in [5.74, 6) is 1.34. The van der Waals surface area contributed by atoms with Crippen LogP contribution in [0.1, 0.15) is 90.5 Å². The van der Waals surface area contributed by atoms with E-state index in [2.05, 4.69) is 49.1 Å². The number of hydrogen-bond donors (Lipinski definition) is 0. The van der Waals surface area contributed by atoms with Crippen LogP contribution in [0.5, 0.6) is 11.5 Å². The molecule has 0 saturated heterocycles. The van der Waals surface area contributed by atoms with Crippen molar-refractivity contribution in [2.75, 3.05) is 18.0 Å². The first-order valence-electron chi connectivity index (χ1n) is 13.7. The van der Waals surface area contributed by atoms with Gasteiger partial charge in [-0.05, 0) is 80.0 Å². The van der Waals surface area contributed by atoms with Crippen LogP contribution in [-0.2, 0) is 23.2 Å². The first-order chi connectivity index (χ1) is 17.7. The lowest BCUT2D eigenvalue weighted by molar-refractivity contribution is 0.0224. The zero-order valence-electron chi connectivity index (χ0n) is 21.4. The number of esters is 1. The van der Waals surface area contributed by atoms with E-state index in [0.29, 0.717) is 5.56 Å². The van der Waals surface area contributed by atoms with E-state index in [1.807, 2.05) is 24.3 Å². The van der Waals surface area contributed by atoms with Gasteiger partial charge in [-0.2, -0.15) is 0 Å². The summed E-state index contributed by atoms with van der Waals surface area (Å²) in [7, 11) is 0. The standard InChI is InChI=1S/C32H35NO3/c1-3-5-17-33(18-6-4-2)24-15-16-27-30(21-24)35-29-20-23-12-8-7-11-22(23)19-28(29)32(27)26-14-10-9-13-25(26)31(34)36-32/h9-10,13-16,19-21H,3-8,11-12,17-18H2,1-2H3. The van der Waals surface area contributed by atoms with E-state index in [9.17, 15) is 4.79 Å². The molecule has 1 spiro atoms. The van der Waals surface area contributed by atoms with E-state index in [-0.39, 0.29) is 5.97 Å². The highest BCUT2D eigenvalue weighted by molar-refractivity contribution is 5.97. The molecule has 0 radical (unpaired) electrons. The van der Waals surface area contributed by atoms with Crippen molar-refractivity contribution in [3.8, 4) is 11.5 Å². The van der Waals surface area contributed by atoms with Gasteiger partial charge in [0.15, 0.2) is 5.60 Å². The van der Waals surface area contributed by atoms with Crippen LogP contribution in [0, 0.1) is 0 Å². The molecule has 2 aliphatic heterocycles. The molecule has 0 bridgehead atoms. The van der Waals surface area contributed by atoms with Crippen molar-refractivity contribution in [1.29, 1.82) is 0 Å². The van der Waals surface area contributed by atoms with Gasteiger partial charge in [0.05, 0.1) is 5.56 Å². The number of unbranched alkanes of at least 4 members (excludes halogenated alkanes) is 2. The van der Waals surface area contributed by atoms with Crippen LogP contribution in [0.3, 0.4) is 0 Å². The zero-order chi connectivity index (χ0) is 24.7. The normalized spacial score (nSPS) is 19.1. The van der Waals surface area contributed by atoms with E-state index in [1.165, 1.54) is 42.5 Å². The number of hydrogen-bond acceptors (Lipinski definition) is 4. The van der Waals surface area contributed by atoms with Crippen LogP contribution < -0.4 is 9.64 Å². The minimum atomic E-state index is -0.973. The molecule has 2 heterocycles. The van der Waals surface area contributed by atoms with Gasteiger partial charge in [0.1, 0.15) is 11.5 Å². The molecule has 3 aromatic carbocycles. The SMILES string of the molecule is CCCCN(CCCC)c1ccc2c(c1)Oc1cc3c(cc1C21OC(=O)c2ccccc21)CCCC3. The third-order valence-electron chi connectivity index (χ3n) is 8.09. The fraction of sp³-hybridized carbons (Fsp3) is 0.406. The van der Waals surface area contributed by atoms with Crippen LogP contribution in [0.15, 0.2) is 54.6 Å². The second-order valence-corrected chi connectivity index (χ2v) is 10.4. The monoisotopic (exact) mass is 481 g/mol. The highest BCUT2D eigenvalue weighted by atomic mass is 16.6. The van der Waals surface area contributed by atoms with E-state index in [0.717, 1.165) is 67.0 Å². The molecule has 3 aromatic rings. The average molecular weight is 482 g/mol. The van der Waals surface area contributed by atoms with Crippen molar-refractivity contribution in [2.45, 2.75) is 70.8 Å². The maximum absolute atomic E-state index is 13.2. The number of fused-ring (bicyclic) bond motifs is 7. The molecular weight excluding hydrogens is 446 g/mol. The van der Waals surface area contributed by atoms with Crippen molar-refractivity contribution < 1.29 is 14.3 Å². The van der Waals surface area contributed by atoms with Gasteiger partial charge >= 0.3 is 5.97 Å². The van der Waals surface area contributed by atoms with Crippen LogP contribution in [0.25, 0.3) is 0 Å². The molecule has 6 rings (SSSR count). The van der Waals surface area contributed by atoms with Crippen molar-refractivity contribution >= 4 is 11.7 Å². The first-order valence-corrected chi connectivity index (χ1v) is 13.7. The fourth-order valence-electron chi connectivity index (χ4n) is 6.15. The minimum absolute atomic E-state index is 0.265. The summed E-state index contributed by atoms with van der Waals surface area (Å²) < 4.78 is 13.1. The largest absolute Gasteiger partial charge is 0.456 e. The molecule has 1 atom stereocenters. The predicted molar refractivity (Wildman–Crippen MR) is 143 cm³/mol. The Hall–Kier alpha value is -3.27. The average Bonchev–Trinajstić information content (AvgIpc) is 3.20. The summed E-state index contributed by atoms with van der Waals surface area (Å²) in [5, 5.41) is 0. The van der Waals surface area contributed by atoms with Gasteiger partial charge in [-0.3, -0.25) is 0 Å². The van der Waals surface area contributed by atoms with E-state index in [4.69, 9.17) is 9.47 Å². The molecule has 0 N–H and O–H groups in total. The number of carbonyl (C=O) groups is 1. The molecule has 0 fully saturated rings. The fourth-order valence-corrected chi connectivity index (χ4v) is 6.15. The lowest BCUT2D eigenvalue weighted by Crippen LogP contribution is -2.34. The molecule has 0 aromatic heterocycles. The Kier molecular flexibility index (Phi) is 5.99. The summed E-state index contributed by atoms with van der Waals surface area (Å²) >= 11 is 0. The van der Waals surface area contributed by atoms with E-state index < -0.39 is 5.60 Å². The number of ether oxygens (including phenoxy) is 2. The molecule has 1 unspecified atom stereocenters. The quantitative estimate of drug-likeness (QED) is 0.327. The Morgan fingerprint density at radius 2 is 1.50 bits per heavy atom. The Balaban J connectivity index is 1.53. The van der Waals surface area contributed by atoms with Crippen LogP contribution >= 0.6 is 0 Å². The molecule has 36 heavy (non-hydrogen) atoms. The minimum Gasteiger partial charge on any atom is -0.456 e. The van der Waals surface area contributed by atoms with Gasteiger partial charge in [0.25, 0.3) is 0 Å². The summed E-state index contributed by atoms with van der Waals surface area (Å²) in [6.45, 7) is 6.53. The highest BCUT2D eigenvalue weighted by Gasteiger charge is 2.53. The van der Waals surface area contributed by atoms with Gasteiger partial charge in [0.2, 0.25) is 0 Å². The van der Waals surface area contributed by atoms with Crippen LogP contribution in [-0.4, -0.2) is 19.1 Å². The van der Waals surface area contributed by atoms with Gasteiger partial charge in [-0.15, -0.1) is 0 Å². The van der Waals surface area contributed by atoms with Crippen molar-refractivity contribution in [2.24, 2.45) is 0 Å². The Morgan fingerprint density at radius 3 is 2.25 bits per heavy atom. The van der Waals surface area contributed by atoms with Gasteiger partial charge < -0.3 is 14.4 Å². The van der Waals surface area contributed by atoms with Gasteiger partial charge in [0, 0.05) is 41.5 Å². The summed E-state index contributed by atoms with van der Waals surface area (Å²) in [6, 6.07) is 18.8.